The van der Waals surface area contributed by atoms with Gasteiger partial charge in [-0.3, -0.25) is 4.79 Å². The monoisotopic (exact) mass is 321 g/mol. The Balaban J connectivity index is 1.40. The lowest BCUT2D eigenvalue weighted by Crippen LogP contribution is -2.31. The maximum atomic E-state index is 12.4. The van der Waals surface area contributed by atoms with Crippen molar-refractivity contribution in [3.05, 3.63) is 71.9 Å². The first-order chi connectivity index (χ1) is 11.8. The van der Waals surface area contributed by atoms with Crippen molar-refractivity contribution in [2.24, 2.45) is 0 Å². The van der Waals surface area contributed by atoms with Crippen molar-refractivity contribution in [2.45, 2.75) is 31.7 Å². The van der Waals surface area contributed by atoms with Crippen LogP contribution in [-0.2, 0) is 17.6 Å². The van der Waals surface area contributed by atoms with Crippen LogP contribution in [0.4, 0.5) is 0 Å². The lowest BCUT2D eigenvalue weighted by atomic mass is 9.93. The first-order valence-electron chi connectivity index (χ1n) is 8.24. The van der Waals surface area contributed by atoms with Crippen LogP contribution in [0.1, 0.15) is 35.8 Å². The number of aromatic nitrogens is 2. The third-order valence-electron chi connectivity index (χ3n) is 4.46. The van der Waals surface area contributed by atoms with E-state index in [4.69, 9.17) is 4.42 Å². The van der Waals surface area contributed by atoms with E-state index in [-0.39, 0.29) is 11.9 Å². The quantitative estimate of drug-likeness (QED) is 0.803. The summed E-state index contributed by atoms with van der Waals surface area (Å²) in [5, 5.41) is 7.33. The minimum atomic E-state index is 0.0425. The summed E-state index contributed by atoms with van der Waals surface area (Å²) >= 11 is 0. The molecule has 1 atom stereocenters. The Morgan fingerprint density at radius 1 is 1.29 bits per heavy atom. The first kappa shape index (κ1) is 14.8. The second-order valence-electron chi connectivity index (χ2n) is 6.11. The van der Waals surface area contributed by atoms with Gasteiger partial charge in [-0.1, -0.05) is 12.1 Å². The zero-order valence-corrected chi connectivity index (χ0v) is 13.3. The minimum Gasteiger partial charge on any atom is -0.469 e. The third-order valence-corrected chi connectivity index (χ3v) is 4.46. The van der Waals surface area contributed by atoms with E-state index >= 15 is 0 Å². The average molecular weight is 321 g/mol. The highest BCUT2D eigenvalue weighted by molar-refractivity contribution is 5.79. The second kappa shape index (κ2) is 6.35. The number of hydrogen-bond acceptors (Lipinski definition) is 3. The van der Waals surface area contributed by atoms with Crippen molar-refractivity contribution >= 4 is 5.91 Å². The third kappa shape index (κ3) is 2.97. The summed E-state index contributed by atoms with van der Waals surface area (Å²) in [6.45, 7) is 0. The summed E-state index contributed by atoms with van der Waals surface area (Å²) in [6, 6.07) is 11.8. The number of hydrogen-bond donors (Lipinski definition) is 1. The van der Waals surface area contributed by atoms with Gasteiger partial charge in [-0.15, -0.1) is 0 Å². The second-order valence-corrected chi connectivity index (χ2v) is 6.11. The number of furan rings is 1. The molecule has 1 aliphatic rings. The van der Waals surface area contributed by atoms with Gasteiger partial charge in [-0.05, 0) is 42.7 Å². The topological polar surface area (TPSA) is 60.1 Å². The predicted octanol–water partition coefficient (Wildman–Crippen LogP) is 3.20. The summed E-state index contributed by atoms with van der Waals surface area (Å²) in [7, 11) is 0. The zero-order chi connectivity index (χ0) is 16.4. The van der Waals surface area contributed by atoms with Crippen LogP contribution in [-0.4, -0.2) is 15.7 Å². The number of carbonyl (C=O) groups is 1. The number of amides is 1. The van der Waals surface area contributed by atoms with Gasteiger partial charge in [0.1, 0.15) is 5.76 Å². The van der Waals surface area contributed by atoms with Crippen LogP contribution in [0.25, 0.3) is 5.69 Å². The first-order valence-corrected chi connectivity index (χ1v) is 8.24. The molecule has 1 N–H and O–H groups in total. The maximum Gasteiger partial charge on any atom is 0.224 e. The summed E-state index contributed by atoms with van der Waals surface area (Å²) in [5.74, 6) is 1.05. The Hall–Kier alpha value is -2.82. The van der Waals surface area contributed by atoms with Gasteiger partial charge < -0.3 is 9.73 Å². The Morgan fingerprint density at radius 2 is 2.17 bits per heavy atom. The molecule has 2 aromatic heterocycles. The molecular formula is C19H19N3O2. The summed E-state index contributed by atoms with van der Waals surface area (Å²) in [6.07, 6.45) is 8.71. The fraction of sp³-hybridized carbons (Fsp3) is 0.263. The lowest BCUT2D eigenvalue weighted by molar-refractivity contribution is -0.121. The molecule has 0 fully saturated rings. The highest BCUT2D eigenvalue weighted by Crippen LogP contribution is 2.30. The molecule has 1 aliphatic carbocycles. The lowest BCUT2D eigenvalue weighted by Gasteiger charge is -2.22. The standard InChI is InChI=1S/C19H19N3O2/c23-19(21-17-3-1-4-18-16(17)9-12-24-18)13-14-5-7-15(8-6-14)22-11-2-10-20-22/h2,5-12,17H,1,3-4,13H2,(H,21,23). The highest BCUT2D eigenvalue weighted by atomic mass is 16.3. The van der Waals surface area contributed by atoms with Gasteiger partial charge in [0, 0.05) is 24.4 Å². The summed E-state index contributed by atoms with van der Waals surface area (Å²) < 4.78 is 7.27. The Morgan fingerprint density at radius 3 is 2.96 bits per heavy atom. The number of aryl methyl sites for hydroxylation is 1. The van der Waals surface area contributed by atoms with E-state index in [0.29, 0.717) is 6.42 Å². The van der Waals surface area contributed by atoms with Crippen LogP contribution in [0.2, 0.25) is 0 Å². The molecule has 4 rings (SSSR count). The van der Waals surface area contributed by atoms with Crippen LogP contribution in [0.3, 0.4) is 0 Å². The van der Waals surface area contributed by atoms with E-state index < -0.39 is 0 Å². The van der Waals surface area contributed by atoms with Crippen LogP contribution >= 0.6 is 0 Å². The van der Waals surface area contributed by atoms with Crippen molar-refractivity contribution < 1.29 is 9.21 Å². The number of nitrogens with one attached hydrogen (secondary N) is 1. The van der Waals surface area contributed by atoms with Gasteiger partial charge in [-0.25, -0.2) is 4.68 Å². The predicted molar refractivity (Wildman–Crippen MR) is 89.8 cm³/mol. The highest BCUT2D eigenvalue weighted by Gasteiger charge is 2.23. The molecule has 0 saturated heterocycles. The SMILES string of the molecule is O=C(Cc1ccc(-n2cccn2)cc1)NC1CCCc2occc21. The molecule has 1 amide bonds. The molecule has 0 bridgehead atoms. The van der Waals surface area contributed by atoms with Crippen LogP contribution in [0.5, 0.6) is 0 Å². The van der Waals surface area contributed by atoms with Crippen LogP contribution < -0.4 is 5.32 Å². The average Bonchev–Trinajstić information content (AvgIpc) is 3.27. The smallest absolute Gasteiger partial charge is 0.224 e. The van der Waals surface area contributed by atoms with Gasteiger partial charge in [-0.2, -0.15) is 5.10 Å². The van der Waals surface area contributed by atoms with Gasteiger partial charge in [0.2, 0.25) is 5.91 Å². The van der Waals surface area contributed by atoms with Gasteiger partial charge in [0.05, 0.1) is 24.4 Å². The van der Waals surface area contributed by atoms with Crippen molar-refractivity contribution in [3.8, 4) is 5.69 Å². The van der Waals surface area contributed by atoms with E-state index in [1.165, 1.54) is 0 Å². The molecule has 3 aromatic rings. The zero-order valence-electron chi connectivity index (χ0n) is 13.3. The molecule has 0 spiro atoms. The molecule has 1 aromatic carbocycles. The maximum absolute atomic E-state index is 12.4. The largest absolute Gasteiger partial charge is 0.469 e. The number of nitrogens with zero attached hydrogens (tertiary/aromatic N) is 2. The minimum absolute atomic E-state index is 0.0425. The van der Waals surface area contributed by atoms with Gasteiger partial charge in [0.25, 0.3) is 0 Å². The summed E-state index contributed by atoms with van der Waals surface area (Å²) in [4.78, 5) is 12.4. The van der Waals surface area contributed by atoms with E-state index in [1.807, 2.05) is 42.6 Å². The number of benzene rings is 1. The number of fused-ring (bicyclic) bond motifs is 1. The molecular weight excluding hydrogens is 302 g/mol. The normalized spacial score (nSPS) is 16.6. The fourth-order valence-electron chi connectivity index (χ4n) is 3.26. The molecule has 2 heterocycles. The Bertz CT molecular complexity index is 819. The molecule has 0 radical (unpaired) electrons. The molecule has 122 valence electrons. The van der Waals surface area contributed by atoms with Crippen LogP contribution in [0, 0.1) is 0 Å². The molecule has 5 heteroatoms. The molecule has 5 nitrogen and oxygen atoms in total. The van der Waals surface area contributed by atoms with E-state index in [9.17, 15) is 4.79 Å². The number of rotatable bonds is 4. The van der Waals surface area contributed by atoms with Crippen molar-refractivity contribution in [1.82, 2.24) is 15.1 Å². The van der Waals surface area contributed by atoms with Crippen molar-refractivity contribution in [3.63, 3.8) is 0 Å². The molecule has 24 heavy (non-hydrogen) atoms. The van der Waals surface area contributed by atoms with E-state index in [2.05, 4.69) is 10.4 Å². The Kier molecular flexibility index (Phi) is 3.91. The molecule has 0 saturated carbocycles. The van der Waals surface area contributed by atoms with Gasteiger partial charge in [0.15, 0.2) is 0 Å². The van der Waals surface area contributed by atoms with Crippen LogP contribution in [0.15, 0.2) is 59.5 Å². The fourth-order valence-corrected chi connectivity index (χ4v) is 3.26. The summed E-state index contributed by atoms with van der Waals surface area (Å²) in [5.41, 5.74) is 3.11. The van der Waals surface area contributed by atoms with E-state index in [1.54, 1.807) is 17.1 Å². The molecule has 1 unspecified atom stereocenters. The Labute approximate surface area is 140 Å². The van der Waals surface area contributed by atoms with Crippen molar-refractivity contribution in [2.75, 3.05) is 0 Å². The van der Waals surface area contributed by atoms with E-state index in [0.717, 1.165) is 41.8 Å². The number of carbonyl (C=O) groups excluding carboxylic acids is 1. The molecule has 0 aliphatic heterocycles. The van der Waals surface area contributed by atoms with Crippen molar-refractivity contribution in [1.29, 1.82) is 0 Å². The van der Waals surface area contributed by atoms with Gasteiger partial charge >= 0.3 is 0 Å².